The minimum Gasteiger partial charge on any atom is -0.374 e. The second kappa shape index (κ2) is 3.87. The molecule has 2 bridgehead atoms. The average molecular weight is 223 g/mol. The molecule has 3 unspecified atom stereocenters. The monoisotopic (exact) mass is 223 g/mol. The normalized spacial score (nSPS) is 33.8. The summed E-state index contributed by atoms with van der Waals surface area (Å²) in [6.45, 7) is 2.21. The Bertz CT molecular complexity index is 349. The Morgan fingerprint density at radius 2 is 2.47 bits per heavy atom. The predicted molar refractivity (Wildman–Crippen MR) is 61.4 cm³/mol. The van der Waals surface area contributed by atoms with E-state index in [0.29, 0.717) is 18.1 Å². The fourth-order valence-corrected chi connectivity index (χ4v) is 3.78. The minimum absolute atomic E-state index is 0.482. The SMILES string of the molecule is CCCc1csc(C2CC3CCC2O3)n1. The van der Waals surface area contributed by atoms with Gasteiger partial charge in [-0.3, -0.25) is 0 Å². The number of hydrogen-bond donors (Lipinski definition) is 0. The van der Waals surface area contributed by atoms with E-state index in [0.717, 1.165) is 6.42 Å². The van der Waals surface area contributed by atoms with Crippen LogP contribution in [0.2, 0.25) is 0 Å². The number of aromatic nitrogens is 1. The summed E-state index contributed by atoms with van der Waals surface area (Å²) < 4.78 is 5.88. The molecule has 0 aliphatic carbocycles. The lowest BCUT2D eigenvalue weighted by molar-refractivity contribution is 0.100. The van der Waals surface area contributed by atoms with Crippen molar-refractivity contribution < 1.29 is 4.74 Å². The molecule has 0 radical (unpaired) electrons. The standard InChI is InChI=1S/C12H17NOS/c1-2-3-8-7-15-12(13-8)10-6-9-4-5-11(10)14-9/h7,9-11H,2-6H2,1H3. The van der Waals surface area contributed by atoms with Crippen molar-refractivity contribution in [2.24, 2.45) is 0 Å². The molecule has 3 heteroatoms. The summed E-state index contributed by atoms with van der Waals surface area (Å²) in [4.78, 5) is 4.74. The van der Waals surface area contributed by atoms with Crippen molar-refractivity contribution in [2.75, 3.05) is 0 Å². The van der Waals surface area contributed by atoms with Gasteiger partial charge in [0.2, 0.25) is 0 Å². The van der Waals surface area contributed by atoms with Crippen LogP contribution in [0.1, 0.15) is 49.2 Å². The molecule has 82 valence electrons. The molecule has 0 saturated carbocycles. The molecule has 0 aromatic carbocycles. The van der Waals surface area contributed by atoms with Gasteiger partial charge in [-0.1, -0.05) is 13.3 Å². The smallest absolute Gasteiger partial charge is 0.0986 e. The van der Waals surface area contributed by atoms with E-state index in [1.54, 1.807) is 0 Å². The quantitative estimate of drug-likeness (QED) is 0.785. The van der Waals surface area contributed by atoms with Crippen molar-refractivity contribution >= 4 is 11.3 Å². The summed E-state index contributed by atoms with van der Waals surface area (Å²) in [7, 11) is 0. The highest BCUT2D eigenvalue weighted by molar-refractivity contribution is 7.09. The molecule has 1 aromatic rings. The Kier molecular flexibility index (Phi) is 2.53. The van der Waals surface area contributed by atoms with Crippen LogP contribution in [0.15, 0.2) is 5.38 Å². The number of aryl methyl sites for hydroxylation is 1. The molecule has 1 aromatic heterocycles. The maximum atomic E-state index is 5.88. The summed E-state index contributed by atoms with van der Waals surface area (Å²) in [6, 6.07) is 0. The summed E-state index contributed by atoms with van der Waals surface area (Å²) in [6.07, 6.45) is 7.07. The number of hydrogen-bond acceptors (Lipinski definition) is 3. The first-order valence-electron chi connectivity index (χ1n) is 5.96. The zero-order valence-electron chi connectivity index (χ0n) is 9.11. The maximum Gasteiger partial charge on any atom is 0.0986 e. The second-order valence-corrected chi connectivity index (χ2v) is 5.53. The van der Waals surface area contributed by atoms with Crippen LogP contribution >= 0.6 is 11.3 Å². The summed E-state index contributed by atoms with van der Waals surface area (Å²) in [5.74, 6) is 0.611. The Morgan fingerprint density at radius 1 is 1.53 bits per heavy atom. The maximum absolute atomic E-state index is 5.88. The number of nitrogens with zero attached hydrogens (tertiary/aromatic N) is 1. The fraction of sp³-hybridized carbons (Fsp3) is 0.750. The molecule has 2 aliphatic rings. The van der Waals surface area contributed by atoms with E-state index < -0.39 is 0 Å². The molecular formula is C12H17NOS. The van der Waals surface area contributed by atoms with Gasteiger partial charge >= 0.3 is 0 Å². The Balaban J connectivity index is 1.75. The van der Waals surface area contributed by atoms with Crippen LogP contribution in [0, 0.1) is 0 Å². The summed E-state index contributed by atoms with van der Waals surface area (Å²) >= 11 is 1.84. The van der Waals surface area contributed by atoms with Gasteiger partial charge in [0.25, 0.3) is 0 Å². The lowest BCUT2D eigenvalue weighted by Gasteiger charge is -2.15. The molecule has 2 nitrogen and oxygen atoms in total. The van der Waals surface area contributed by atoms with Crippen molar-refractivity contribution in [1.82, 2.24) is 4.98 Å². The first-order chi connectivity index (χ1) is 7.36. The molecule has 15 heavy (non-hydrogen) atoms. The van der Waals surface area contributed by atoms with Gasteiger partial charge in [0.05, 0.1) is 22.9 Å². The van der Waals surface area contributed by atoms with Gasteiger partial charge < -0.3 is 4.74 Å². The molecular weight excluding hydrogens is 206 g/mol. The average Bonchev–Trinajstić information content (AvgIpc) is 2.91. The van der Waals surface area contributed by atoms with Gasteiger partial charge in [0, 0.05) is 11.3 Å². The third kappa shape index (κ3) is 1.72. The number of thiazole rings is 1. The first-order valence-corrected chi connectivity index (χ1v) is 6.84. The molecule has 2 aliphatic heterocycles. The molecule has 3 heterocycles. The number of rotatable bonds is 3. The van der Waals surface area contributed by atoms with E-state index in [1.165, 1.54) is 36.4 Å². The topological polar surface area (TPSA) is 22.1 Å². The van der Waals surface area contributed by atoms with E-state index in [1.807, 2.05) is 11.3 Å². The van der Waals surface area contributed by atoms with Gasteiger partial charge in [-0.05, 0) is 25.7 Å². The first kappa shape index (κ1) is 9.79. The van der Waals surface area contributed by atoms with Gasteiger partial charge in [-0.25, -0.2) is 4.98 Å². The second-order valence-electron chi connectivity index (χ2n) is 4.64. The third-order valence-corrected chi connectivity index (χ3v) is 4.52. The van der Waals surface area contributed by atoms with Crippen molar-refractivity contribution in [3.63, 3.8) is 0 Å². The Labute approximate surface area is 94.7 Å². The van der Waals surface area contributed by atoms with Crippen molar-refractivity contribution in [1.29, 1.82) is 0 Å². The molecule has 0 amide bonds. The van der Waals surface area contributed by atoms with Gasteiger partial charge in [0.1, 0.15) is 0 Å². The van der Waals surface area contributed by atoms with Crippen LogP contribution in [-0.2, 0) is 11.2 Å². The number of fused-ring (bicyclic) bond motifs is 2. The molecule has 3 rings (SSSR count). The zero-order chi connectivity index (χ0) is 10.3. The minimum atomic E-state index is 0.482. The summed E-state index contributed by atoms with van der Waals surface area (Å²) in [5, 5.41) is 3.55. The molecule has 0 N–H and O–H groups in total. The van der Waals surface area contributed by atoms with E-state index in [-0.39, 0.29) is 0 Å². The van der Waals surface area contributed by atoms with Crippen molar-refractivity contribution in [2.45, 2.75) is 57.2 Å². The highest BCUT2D eigenvalue weighted by atomic mass is 32.1. The highest BCUT2D eigenvalue weighted by Gasteiger charge is 2.42. The molecule has 2 fully saturated rings. The van der Waals surface area contributed by atoms with E-state index in [4.69, 9.17) is 9.72 Å². The Morgan fingerprint density at radius 3 is 3.13 bits per heavy atom. The molecule has 3 atom stereocenters. The van der Waals surface area contributed by atoms with Crippen molar-refractivity contribution in [3.05, 3.63) is 16.1 Å². The van der Waals surface area contributed by atoms with Gasteiger partial charge in [-0.15, -0.1) is 11.3 Å². The van der Waals surface area contributed by atoms with Crippen LogP contribution in [-0.4, -0.2) is 17.2 Å². The fourth-order valence-electron chi connectivity index (χ4n) is 2.76. The largest absolute Gasteiger partial charge is 0.374 e. The number of ether oxygens (including phenoxy) is 1. The van der Waals surface area contributed by atoms with Crippen molar-refractivity contribution in [3.8, 4) is 0 Å². The van der Waals surface area contributed by atoms with E-state index in [2.05, 4.69) is 12.3 Å². The lowest BCUT2D eigenvalue weighted by atomic mass is 9.90. The highest BCUT2D eigenvalue weighted by Crippen LogP contribution is 2.45. The van der Waals surface area contributed by atoms with Crippen LogP contribution in [0.5, 0.6) is 0 Å². The molecule has 0 spiro atoms. The van der Waals surface area contributed by atoms with Crippen LogP contribution < -0.4 is 0 Å². The third-order valence-electron chi connectivity index (χ3n) is 3.50. The Hall–Kier alpha value is -0.410. The van der Waals surface area contributed by atoms with Crippen LogP contribution in [0.4, 0.5) is 0 Å². The van der Waals surface area contributed by atoms with Crippen LogP contribution in [0.3, 0.4) is 0 Å². The zero-order valence-corrected chi connectivity index (χ0v) is 9.93. The van der Waals surface area contributed by atoms with E-state index in [9.17, 15) is 0 Å². The lowest BCUT2D eigenvalue weighted by Crippen LogP contribution is -2.14. The summed E-state index contributed by atoms with van der Waals surface area (Å²) in [5.41, 5.74) is 1.28. The van der Waals surface area contributed by atoms with Gasteiger partial charge in [-0.2, -0.15) is 0 Å². The van der Waals surface area contributed by atoms with Crippen LogP contribution in [0.25, 0.3) is 0 Å². The van der Waals surface area contributed by atoms with E-state index >= 15 is 0 Å². The molecule has 2 saturated heterocycles. The van der Waals surface area contributed by atoms with Gasteiger partial charge in [0.15, 0.2) is 0 Å². The predicted octanol–water partition coefficient (Wildman–Crippen LogP) is 3.13.